The maximum Gasteiger partial charge on any atom is 0.338 e. The highest BCUT2D eigenvalue weighted by molar-refractivity contribution is 5.89. The van der Waals surface area contributed by atoms with Gasteiger partial charge in [-0.2, -0.15) is 0 Å². The van der Waals surface area contributed by atoms with Gasteiger partial charge in [-0.3, -0.25) is 4.79 Å². The van der Waals surface area contributed by atoms with Gasteiger partial charge in [0.05, 0.1) is 12.2 Å². The van der Waals surface area contributed by atoms with Crippen molar-refractivity contribution in [1.29, 1.82) is 0 Å². The molecule has 0 bridgehead atoms. The van der Waals surface area contributed by atoms with Gasteiger partial charge >= 0.3 is 5.97 Å². The van der Waals surface area contributed by atoms with Gasteiger partial charge in [0.2, 0.25) is 0 Å². The summed E-state index contributed by atoms with van der Waals surface area (Å²) in [5.41, 5.74) is 1.58. The van der Waals surface area contributed by atoms with E-state index in [1.807, 2.05) is 35.2 Å². The maximum atomic E-state index is 12.6. The molecule has 1 aliphatic rings. The molecule has 0 aliphatic heterocycles. The van der Waals surface area contributed by atoms with Crippen molar-refractivity contribution in [3.8, 4) is 5.75 Å². The van der Waals surface area contributed by atoms with Gasteiger partial charge in [-0.1, -0.05) is 30.3 Å². The summed E-state index contributed by atoms with van der Waals surface area (Å²) >= 11 is 0. The maximum absolute atomic E-state index is 12.6. The largest absolute Gasteiger partial charge is 0.484 e. The lowest BCUT2D eigenvalue weighted by molar-refractivity contribution is -0.134. The van der Waals surface area contributed by atoms with Crippen LogP contribution in [0.2, 0.25) is 0 Å². The number of rotatable bonds is 8. The summed E-state index contributed by atoms with van der Waals surface area (Å²) in [6.45, 7) is 2.70. The molecule has 0 spiro atoms. The third-order valence-corrected chi connectivity index (χ3v) is 4.23. The second kappa shape index (κ2) is 8.52. The van der Waals surface area contributed by atoms with Gasteiger partial charge in [-0.05, 0) is 49.6 Å². The molecule has 0 unspecified atom stereocenters. The second-order valence-corrected chi connectivity index (χ2v) is 6.27. The number of amides is 1. The van der Waals surface area contributed by atoms with Gasteiger partial charge in [0.15, 0.2) is 6.61 Å². The second-order valence-electron chi connectivity index (χ2n) is 6.27. The van der Waals surface area contributed by atoms with Gasteiger partial charge in [0.25, 0.3) is 5.91 Å². The number of carbonyl (C=O) groups excluding carboxylic acids is 2. The Morgan fingerprint density at radius 3 is 2.35 bits per heavy atom. The molecule has 26 heavy (non-hydrogen) atoms. The molecule has 136 valence electrons. The van der Waals surface area contributed by atoms with Crippen molar-refractivity contribution in [3.05, 3.63) is 65.7 Å². The van der Waals surface area contributed by atoms with E-state index in [4.69, 9.17) is 9.47 Å². The lowest BCUT2D eigenvalue weighted by Crippen LogP contribution is -2.36. The zero-order valence-corrected chi connectivity index (χ0v) is 14.9. The Hall–Kier alpha value is -2.82. The molecule has 0 aromatic heterocycles. The number of hydrogen-bond donors (Lipinski definition) is 0. The Labute approximate surface area is 153 Å². The first-order valence-corrected chi connectivity index (χ1v) is 8.90. The van der Waals surface area contributed by atoms with Crippen molar-refractivity contribution in [2.75, 3.05) is 13.2 Å². The first kappa shape index (κ1) is 18.0. The highest BCUT2D eigenvalue weighted by Crippen LogP contribution is 2.28. The number of carbonyl (C=O) groups is 2. The van der Waals surface area contributed by atoms with E-state index < -0.39 is 0 Å². The minimum atomic E-state index is -0.363. The standard InChI is InChI=1S/C21H23NO4/c1-2-25-21(24)17-8-12-19(13-9-17)26-15-20(23)22(18-10-11-18)14-16-6-4-3-5-7-16/h3-9,12-13,18H,2,10-11,14-15H2,1H3. The van der Waals surface area contributed by atoms with Crippen molar-refractivity contribution in [2.24, 2.45) is 0 Å². The van der Waals surface area contributed by atoms with Crippen molar-refractivity contribution >= 4 is 11.9 Å². The summed E-state index contributed by atoms with van der Waals surface area (Å²) in [5, 5.41) is 0. The molecule has 1 aliphatic carbocycles. The Balaban J connectivity index is 1.55. The van der Waals surface area contributed by atoms with Crippen LogP contribution in [-0.2, 0) is 16.1 Å². The highest BCUT2D eigenvalue weighted by atomic mass is 16.5. The number of esters is 1. The molecule has 0 radical (unpaired) electrons. The first-order valence-electron chi connectivity index (χ1n) is 8.90. The van der Waals surface area contributed by atoms with E-state index in [-0.39, 0.29) is 18.5 Å². The van der Waals surface area contributed by atoms with Crippen LogP contribution < -0.4 is 4.74 Å². The van der Waals surface area contributed by atoms with Gasteiger partial charge in [0, 0.05) is 12.6 Å². The van der Waals surface area contributed by atoms with E-state index in [1.165, 1.54) is 0 Å². The summed E-state index contributed by atoms with van der Waals surface area (Å²) in [5.74, 6) is 0.172. The third kappa shape index (κ3) is 4.85. The fourth-order valence-electron chi connectivity index (χ4n) is 2.72. The van der Waals surface area contributed by atoms with Crippen LogP contribution in [0.3, 0.4) is 0 Å². The van der Waals surface area contributed by atoms with Crippen LogP contribution in [0.25, 0.3) is 0 Å². The van der Waals surface area contributed by atoms with Crippen LogP contribution in [0, 0.1) is 0 Å². The summed E-state index contributed by atoms with van der Waals surface area (Å²) in [6, 6.07) is 16.9. The predicted molar refractivity (Wildman–Crippen MR) is 97.9 cm³/mol. The molecular weight excluding hydrogens is 330 g/mol. The quantitative estimate of drug-likeness (QED) is 0.682. The molecule has 1 amide bonds. The summed E-state index contributed by atoms with van der Waals surface area (Å²) in [6.07, 6.45) is 2.10. The number of benzene rings is 2. The topological polar surface area (TPSA) is 55.8 Å². The predicted octanol–water partition coefficient (Wildman–Crippen LogP) is 3.43. The number of ether oxygens (including phenoxy) is 2. The molecule has 0 saturated heterocycles. The van der Waals surface area contributed by atoms with Crippen LogP contribution in [0.1, 0.15) is 35.7 Å². The van der Waals surface area contributed by atoms with E-state index in [1.54, 1.807) is 31.2 Å². The molecule has 3 rings (SSSR count). The smallest absolute Gasteiger partial charge is 0.338 e. The van der Waals surface area contributed by atoms with Crippen LogP contribution in [0.4, 0.5) is 0 Å². The van der Waals surface area contributed by atoms with E-state index in [0.717, 1.165) is 18.4 Å². The monoisotopic (exact) mass is 353 g/mol. The minimum absolute atomic E-state index is 0.0118. The van der Waals surface area contributed by atoms with E-state index in [9.17, 15) is 9.59 Å². The molecule has 0 heterocycles. The third-order valence-electron chi connectivity index (χ3n) is 4.23. The Kier molecular flexibility index (Phi) is 5.89. The van der Waals surface area contributed by atoms with Gasteiger partial charge in [0.1, 0.15) is 5.75 Å². The summed E-state index contributed by atoms with van der Waals surface area (Å²) in [4.78, 5) is 26.1. The summed E-state index contributed by atoms with van der Waals surface area (Å²) < 4.78 is 10.6. The van der Waals surface area contributed by atoms with Crippen molar-refractivity contribution < 1.29 is 19.1 Å². The fraction of sp³-hybridized carbons (Fsp3) is 0.333. The van der Waals surface area contributed by atoms with Crippen molar-refractivity contribution in [3.63, 3.8) is 0 Å². The molecule has 0 N–H and O–H groups in total. The molecular formula is C21H23NO4. The average Bonchev–Trinajstić information content (AvgIpc) is 3.51. The number of nitrogens with zero attached hydrogens (tertiary/aromatic N) is 1. The molecule has 2 aromatic rings. The van der Waals surface area contributed by atoms with Gasteiger partial charge < -0.3 is 14.4 Å². The SMILES string of the molecule is CCOC(=O)c1ccc(OCC(=O)N(Cc2ccccc2)C2CC2)cc1. The van der Waals surface area contributed by atoms with E-state index >= 15 is 0 Å². The zero-order chi connectivity index (χ0) is 18.4. The first-order chi connectivity index (χ1) is 12.7. The van der Waals surface area contributed by atoms with Gasteiger partial charge in [-0.15, -0.1) is 0 Å². The van der Waals surface area contributed by atoms with Crippen LogP contribution >= 0.6 is 0 Å². The Morgan fingerprint density at radius 1 is 1.04 bits per heavy atom. The van der Waals surface area contributed by atoms with Crippen LogP contribution in [0.15, 0.2) is 54.6 Å². The number of hydrogen-bond acceptors (Lipinski definition) is 4. The lowest BCUT2D eigenvalue weighted by Gasteiger charge is -2.22. The molecule has 0 atom stereocenters. The molecule has 2 aromatic carbocycles. The molecule has 1 saturated carbocycles. The molecule has 1 fully saturated rings. The highest BCUT2D eigenvalue weighted by Gasteiger charge is 2.32. The fourth-order valence-corrected chi connectivity index (χ4v) is 2.72. The van der Waals surface area contributed by atoms with E-state index in [0.29, 0.717) is 30.5 Å². The van der Waals surface area contributed by atoms with Crippen molar-refractivity contribution in [2.45, 2.75) is 32.4 Å². The summed E-state index contributed by atoms with van der Waals surface area (Å²) in [7, 11) is 0. The lowest BCUT2D eigenvalue weighted by atomic mass is 10.2. The Morgan fingerprint density at radius 2 is 1.73 bits per heavy atom. The normalized spacial score (nSPS) is 13.1. The molecule has 5 heteroatoms. The van der Waals surface area contributed by atoms with Gasteiger partial charge in [-0.25, -0.2) is 4.79 Å². The average molecular weight is 353 g/mol. The molecule has 5 nitrogen and oxygen atoms in total. The van der Waals surface area contributed by atoms with E-state index in [2.05, 4.69) is 0 Å². The van der Waals surface area contributed by atoms with Crippen molar-refractivity contribution in [1.82, 2.24) is 4.90 Å². The zero-order valence-electron chi connectivity index (χ0n) is 14.9. The Bertz CT molecular complexity index is 738. The van der Waals surface area contributed by atoms with Crippen LogP contribution in [0.5, 0.6) is 5.75 Å². The van der Waals surface area contributed by atoms with Crippen LogP contribution in [-0.4, -0.2) is 36.0 Å². The minimum Gasteiger partial charge on any atom is -0.484 e.